The molecule has 0 fully saturated rings. The molecule has 0 amide bonds. The van der Waals surface area contributed by atoms with Crippen molar-refractivity contribution in [3.63, 3.8) is 0 Å². The van der Waals surface area contributed by atoms with E-state index < -0.39 is 147 Å². The maximum atomic E-state index is 9.31. The normalized spacial score (nSPS) is 18.9. The highest BCUT2D eigenvalue weighted by Gasteiger charge is 2.18. The second kappa shape index (κ2) is 9.22. The second-order valence-electron chi connectivity index (χ2n) is 8.91. The van der Waals surface area contributed by atoms with Crippen molar-refractivity contribution in [3.8, 4) is 33.4 Å². The Labute approximate surface area is 263 Å². The fraction of sp³-hybridized carbons (Fsp3) is 0. The van der Waals surface area contributed by atoms with Crippen LogP contribution >= 0.6 is 0 Å². The molecule has 8 rings (SSSR count). The van der Waals surface area contributed by atoms with Gasteiger partial charge in [0.05, 0.1) is 28.8 Å². The minimum absolute atomic E-state index is 0.0244. The smallest absolute Gasteiger partial charge is 0.0616 e. The summed E-state index contributed by atoms with van der Waals surface area (Å²) in [5, 5.41) is -2.95. The van der Waals surface area contributed by atoms with Gasteiger partial charge in [0.2, 0.25) is 0 Å². The molecular formula is C40H26. The number of fused-ring (bicyclic) bond motifs is 4. The monoisotopic (exact) mass is 527 g/mol. The van der Waals surface area contributed by atoms with Crippen LogP contribution in [-0.4, -0.2) is 0 Å². The molecule has 0 saturated heterocycles. The lowest BCUT2D eigenvalue weighted by atomic mass is 9.84. The fourth-order valence-corrected chi connectivity index (χ4v) is 4.99. The third-order valence-electron chi connectivity index (χ3n) is 6.71. The summed E-state index contributed by atoms with van der Waals surface area (Å²) in [7, 11) is 0. The summed E-state index contributed by atoms with van der Waals surface area (Å²) in [5.41, 5.74) is -0.898. The van der Waals surface area contributed by atoms with Crippen molar-refractivity contribution in [2.45, 2.75) is 0 Å². The Morgan fingerprint density at radius 2 is 0.925 bits per heavy atom. The second-order valence-corrected chi connectivity index (χ2v) is 8.91. The van der Waals surface area contributed by atoms with Crippen molar-refractivity contribution < 1.29 is 28.8 Å². The minimum Gasteiger partial charge on any atom is -0.0616 e. The molecule has 0 aliphatic carbocycles. The number of rotatable bonds is 3. The van der Waals surface area contributed by atoms with Gasteiger partial charge in [-0.05, 0) is 88.6 Å². The predicted molar refractivity (Wildman–Crippen MR) is 173 cm³/mol. The number of hydrogen-bond donors (Lipinski definition) is 0. The van der Waals surface area contributed by atoms with E-state index in [0.717, 1.165) is 0 Å². The van der Waals surface area contributed by atoms with Crippen LogP contribution in [0.15, 0.2) is 157 Å². The Morgan fingerprint density at radius 3 is 1.65 bits per heavy atom. The van der Waals surface area contributed by atoms with Crippen LogP contribution in [0.3, 0.4) is 0 Å². The third-order valence-corrected chi connectivity index (χ3v) is 6.71. The maximum Gasteiger partial charge on any atom is 0.0636 e. The topological polar surface area (TPSA) is 0 Å². The first-order valence-corrected chi connectivity index (χ1v) is 12.1. The fourth-order valence-electron chi connectivity index (χ4n) is 4.99. The van der Waals surface area contributed by atoms with Crippen LogP contribution in [-0.2, 0) is 0 Å². The SMILES string of the molecule is [2H]c1c([2H])c([2H])c2c([2H])c(-c3cccc(-c4c5c([2H])c([2H])c([2H])c([2H])c5c(-c5c([2H])c([2H])c([2H])c6c([2H])c([2H])c([2H])c([2H])c56)c5c([2H])c([2H])c([2H])c([2H])c45)c3)cc([2H])c2c1[2H]. The van der Waals surface area contributed by atoms with Crippen molar-refractivity contribution in [1.82, 2.24) is 0 Å². The summed E-state index contributed by atoms with van der Waals surface area (Å²) in [6.45, 7) is 0. The van der Waals surface area contributed by atoms with E-state index in [-0.39, 0.29) is 55.9 Å². The molecule has 0 aliphatic rings. The highest BCUT2D eigenvalue weighted by Crippen LogP contribution is 2.45. The Bertz CT molecular complexity index is 3280. The largest absolute Gasteiger partial charge is 0.0636 e. The minimum atomic E-state index is -0.826. The summed E-state index contributed by atoms with van der Waals surface area (Å²) in [4.78, 5) is 0. The molecule has 0 bridgehead atoms. The Balaban J connectivity index is 1.64. The van der Waals surface area contributed by atoms with E-state index in [9.17, 15) is 6.85 Å². The predicted octanol–water partition coefficient (Wildman–Crippen LogP) is 11.3. The van der Waals surface area contributed by atoms with E-state index in [4.69, 9.17) is 21.9 Å². The van der Waals surface area contributed by atoms with Gasteiger partial charge in [0.25, 0.3) is 0 Å². The number of hydrogen-bond acceptors (Lipinski definition) is 0. The Hall–Kier alpha value is -5.20. The van der Waals surface area contributed by atoms with E-state index in [2.05, 4.69) is 0 Å². The van der Waals surface area contributed by atoms with Gasteiger partial charge in [-0.2, -0.15) is 0 Å². The van der Waals surface area contributed by atoms with Gasteiger partial charge in [-0.25, -0.2) is 0 Å². The molecule has 8 aromatic carbocycles. The van der Waals surface area contributed by atoms with Crippen molar-refractivity contribution in [2.24, 2.45) is 0 Å². The molecule has 0 atom stereocenters. The van der Waals surface area contributed by atoms with Crippen LogP contribution < -0.4 is 0 Å². The average Bonchev–Trinajstić information content (AvgIpc) is 3.24. The van der Waals surface area contributed by atoms with Gasteiger partial charge in [-0.15, -0.1) is 0 Å². The Kier molecular flexibility index (Phi) is 2.32. The highest BCUT2D eigenvalue weighted by atomic mass is 14.2. The molecule has 0 unspecified atom stereocenters. The highest BCUT2D eigenvalue weighted by molar-refractivity contribution is 6.23. The third kappa shape index (κ3) is 3.61. The van der Waals surface area contributed by atoms with E-state index in [0.29, 0.717) is 0 Å². The van der Waals surface area contributed by atoms with E-state index in [1.165, 1.54) is 30.3 Å². The van der Waals surface area contributed by atoms with Gasteiger partial charge < -0.3 is 0 Å². The molecule has 0 aromatic heterocycles. The van der Waals surface area contributed by atoms with Gasteiger partial charge in [0.15, 0.2) is 0 Å². The summed E-state index contributed by atoms with van der Waals surface area (Å²) < 4.78 is 185. The molecule has 0 radical (unpaired) electrons. The molecule has 0 spiro atoms. The summed E-state index contributed by atoms with van der Waals surface area (Å²) in [6.07, 6.45) is 0. The molecule has 0 heteroatoms. The molecule has 0 nitrogen and oxygen atoms in total. The molecule has 0 aliphatic heterocycles. The lowest BCUT2D eigenvalue weighted by molar-refractivity contribution is 1.63. The first-order chi connectivity index (χ1) is 28.6. The van der Waals surface area contributed by atoms with Crippen molar-refractivity contribution in [3.05, 3.63) is 157 Å². The molecule has 8 aromatic rings. The van der Waals surface area contributed by atoms with Crippen molar-refractivity contribution in [1.29, 1.82) is 0 Å². The molecule has 186 valence electrons. The van der Waals surface area contributed by atoms with Crippen LogP contribution in [0, 0.1) is 0 Å². The van der Waals surface area contributed by atoms with Crippen LogP contribution in [0.1, 0.15) is 28.8 Å². The van der Waals surface area contributed by atoms with Gasteiger partial charge in [-0.3, -0.25) is 0 Å². The van der Waals surface area contributed by atoms with Gasteiger partial charge in [-0.1, -0.05) is 145 Å². The van der Waals surface area contributed by atoms with E-state index in [1.54, 1.807) is 0 Å². The van der Waals surface area contributed by atoms with Crippen LogP contribution in [0.2, 0.25) is 0 Å². The molecule has 40 heavy (non-hydrogen) atoms. The first-order valence-electron chi connectivity index (χ1n) is 22.6. The van der Waals surface area contributed by atoms with E-state index in [1.807, 2.05) is 0 Å². The zero-order valence-electron chi connectivity index (χ0n) is 41.4. The standard InChI is InChI=1S/C40H26/c1-2-13-29-25-31(24-23-27(29)11-1)30-15-9-16-32(26-30)39-35-18-5-7-20-37(35)40(38-21-8-6-19-36(38)39)34-22-10-14-28-12-3-4-17-33(28)34/h1-26H/i1D,2D,3D,4D,5D,6D,7D,8D,10D,11D,12D,13D,14D,17D,18D,19D,20D,21D,22D,23D,25D. The first kappa shape index (κ1) is 10.1. The van der Waals surface area contributed by atoms with Crippen LogP contribution in [0.4, 0.5) is 0 Å². The van der Waals surface area contributed by atoms with Crippen molar-refractivity contribution in [2.75, 3.05) is 0 Å². The quantitative estimate of drug-likeness (QED) is 0.200. The zero-order valence-corrected chi connectivity index (χ0v) is 20.4. The summed E-state index contributed by atoms with van der Waals surface area (Å²) in [5.74, 6) is 0. The van der Waals surface area contributed by atoms with Gasteiger partial charge in [0.1, 0.15) is 0 Å². The summed E-state index contributed by atoms with van der Waals surface area (Å²) >= 11 is 0. The van der Waals surface area contributed by atoms with Crippen LogP contribution in [0.25, 0.3) is 76.5 Å². The summed E-state index contributed by atoms with van der Waals surface area (Å²) in [6, 6.07) is -7.35. The number of benzene rings is 8. The maximum absolute atomic E-state index is 9.31. The van der Waals surface area contributed by atoms with Gasteiger partial charge >= 0.3 is 0 Å². The van der Waals surface area contributed by atoms with E-state index >= 15 is 0 Å². The molecule has 0 saturated carbocycles. The van der Waals surface area contributed by atoms with Crippen LogP contribution in [0.5, 0.6) is 0 Å². The lowest BCUT2D eigenvalue weighted by Crippen LogP contribution is -1.92. The molecular weight excluding hydrogens is 480 g/mol. The lowest BCUT2D eigenvalue weighted by Gasteiger charge is -2.19. The average molecular weight is 528 g/mol. The Morgan fingerprint density at radius 1 is 0.375 bits per heavy atom. The van der Waals surface area contributed by atoms with Gasteiger partial charge in [0, 0.05) is 0 Å². The molecule has 0 heterocycles. The zero-order chi connectivity index (χ0) is 44.7. The molecule has 0 N–H and O–H groups in total. The van der Waals surface area contributed by atoms with Crippen molar-refractivity contribution >= 4 is 43.1 Å².